The first kappa shape index (κ1) is 18.0. The molecule has 2 N–H and O–H groups in total. The first-order chi connectivity index (χ1) is 13.5. The van der Waals surface area contributed by atoms with Gasteiger partial charge in [-0.3, -0.25) is 4.79 Å². The van der Waals surface area contributed by atoms with E-state index >= 15 is 0 Å². The van der Waals surface area contributed by atoms with Crippen molar-refractivity contribution < 1.29 is 19.5 Å². The van der Waals surface area contributed by atoms with E-state index in [4.69, 9.17) is 4.52 Å². The second-order valence-corrected chi connectivity index (χ2v) is 7.01. The molecule has 3 heterocycles. The lowest BCUT2D eigenvalue weighted by Gasteiger charge is -2.38. The third kappa shape index (κ3) is 3.06. The summed E-state index contributed by atoms with van der Waals surface area (Å²) in [6, 6.07) is 10.5. The van der Waals surface area contributed by atoms with Crippen LogP contribution in [0.2, 0.25) is 0 Å². The molecule has 28 heavy (non-hydrogen) atoms. The van der Waals surface area contributed by atoms with Crippen LogP contribution < -0.4 is 4.90 Å². The van der Waals surface area contributed by atoms with Crippen LogP contribution in [0.25, 0.3) is 11.3 Å². The number of carboxylic acids is 1. The smallest absolute Gasteiger partial charge is 0.316 e. The van der Waals surface area contributed by atoms with Gasteiger partial charge in [-0.15, -0.1) is 0 Å². The lowest BCUT2D eigenvalue weighted by atomic mass is 9.75. The maximum Gasteiger partial charge on any atom is 0.316 e. The molecular formula is C20H20N4O4. The summed E-state index contributed by atoms with van der Waals surface area (Å²) in [5.74, 6) is -0.147. The summed E-state index contributed by atoms with van der Waals surface area (Å²) in [6.45, 7) is 2.82. The molecule has 1 saturated heterocycles. The molecule has 144 valence electrons. The lowest BCUT2D eigenvalue weighted by Crippen LogP contribution is -2.47. The number of nitrogens with zero attached hydrogens (tertiary/aromatic N) is 4. The Kier molecular flexibility index (Phi) is 4.46. The zero-order valence-corrected chi connectivity index (χ0v) is 15.4. The van der Waals surface area contributed by atoms with Crippen LogP contribution in [-0.4, -0.2) is 44.6 Å². The number of anilines is 1. The average molecular weight is 380 g/mol. The van der Waals surface area contributed by atoms with E-state index in [-0.39, 0.29) is 5.75 Å². The topological polar surface area (TPSA) is 113 Å². The van der Waals surface area contributed by atoms with Crippen molar-refractivity contribution in [1.29, 1.82) is 0 Å². The summed E-state index contributed by atoms with van der Waals surface area (Å²) in [6.07, 6.45) is 2.46. The number of aromatic nitrogens is 3. The standard InChI is InChI=1S/C20H20N4O4/c1-13-10-18(23-28-13)20(19(26)27)6-8-24(9-7-20)14-11-16(22-21-12-14)15-4-2-3-5-17(15)25/h2-5,10-12,25H,6-9H2,1H3,(H,26,27). The second kappa shape index (κ2) is 6.95. The summed E-state index contributed by atoms with van der Waals surface area (Å²) >= 11 is 0. The predicted octanol–water partition coefficient (Wildman–Crippen LogP) is 2.77. The van der Waals surface area contributed by atoms with Crippen LogP contribution in [0.3, 0.4) is 0 Å². The normalized spacial score (nSPS) is 16.1. The Balaban J connectivity index is 1.58. The van der Waals surface area contributed by atoms with Gasteiger partial charge >= 0.3 is 5.97 Å². The molecule has 3 aromatic rings. The summed E-state index contributed by atoms with van der Waals surface area (Å²) in [5.41, 5.74) is 1.43. The molecule has 0 aliphatic carbocycles. The van der Waals surface area contributed by atoms with Crippen LogP contribution in [0.1, 0.15) is 24.3 Å². The average Bonchev–Trinajstić information content (AvgIpc) is 3.15. The molecule has 1 aromatic carbocycles. The Morgan fingerprint density at radius 3 is 2.61 bits per heavy atom. The van der Waals surface area contributed by atoms with Gasteiger partial charge in [0.2, 0.25) is 0 Å². The minimum atomic E-state index is -1.05. The number of aryl methyl sites for hydroxylation is 1. The first-order valence-electron chi connectivity index (χ1n) is 9.03. The van der Waals surface area contributed by atoms with Crippen LogP contribution in [0, 0.1) is 6.92 Å². The highest BCUT2D eigenvalue weighted by atomic mass is 16.5. The van der Waals surface area contributed by atoms with Crippen molar-refractivity contribution >= 4 is 11.7 Å². The Bertz CT molecular complexity index is 1010. The summed E-state index contributed by atoms with van der Waals surface area (Å²) < 4.78 is 5.11. The summed E-state index contributed by atoms with van der Waals surface area (Å²) in [7, 11) is 0. The minimum absolute atomic E-state index is 0.138. The highest BCUT2D eigenvalue weighted by Gasteiger charge is 2.45. The quantitative estimate of drug-likeness (QED) is 0.710. The highest BCUT2D eigenvalue weighted by molar-refractivity contribution is 5.81. The van der Waals surface area contributed by atoms with Crippen molar-refractivity contribution in [3.63, 3.8) is 0 Å². The van der Waals surface area contributed by atoms with Crippen molar-refractivity contribution in [2.75, 3.05) is 18.0 Å². The third-order valence-electron chi connectivity index (χ3n) is 5.33. The number of rotatable bonds is 4. The van der Waals surface area contributed by atoms with Crippen LogP contribution in [0.5, 0.6) is 5.75 Å². The van der Waals surface area contributed by atoms with Crippen molar-refractivity contribution in [1.82, 2.24) is 15.4 Å². The number of para-hydroxylation sites is 1. The monoisotopic (exact) mass is 380 g/mol. The van der Waals surface area contributed by atoms with E-state index in [0.717, 1.165) is 5.69 Å². The molecule has 0 saturated carbocycles. The van der Waals surface area contributed by atoms with Gasteiger partial charge in [0, 0.05) is 24.7 Å². The molecular weight excluding hydrogens is 360 g/mol. The Morgan fingerprint density at radius 1 is 1.21 bits per heavy atom. The molecule has 4 rings (SSSR count). The number of hydrogen-bond acceptors (Lipinski definition) is 7. The number of phenolic OH excluding ortho intramolecular Hbond substituents is 1. The second-order valence-electron chi connectivity index (χ2n) is 7.01. The molecule has 8 nitrogen and oxygen atoms in total. The van der Waals surface area contributed by atoms with Crippen molar-refractivity contribution in [2.45, 2.75) is 25.2 Å². The largest absolute Gasteiger partial charge is 0.507 e. The van der Waals surface area contributed by atoms with Crippen LogP contribution >= 0.6 is 0 Å². The Morgan fingerprint density at radius 2 is 1.96 bits per heavy atom. The minimum Gasteiger partial charge on any atom is -0.507 e. The molecule has 1 fully saturated rings. The summed E-state index contributed by atoms with van der Waals surface area (Å²) in [5, 5.41) is 32.1. The molecule has 8 heteroatoms. The fraction of sp³-hybridized carbons (Fsp3) is 0.300. The number of carbonyl (C=O) groups is 1. The molecule has 0 unspecified atom stereocenters. The Hall–Kier alpha value is -3.42. The highest BCUT2D eigenvalue weighted by Crippen LogP contribution is 2.37. The van der Waals surface area contributed by atoms with Crippen LogP contribution in [-0.2, 0) is 10.2 Å². The maximum atomic E-state index is 12.1. The van der Waals surface area contributed by atoms with E-state index in [0.29, 0.717) is 48.6 Å². The van der Waals surface area contributed by atoms with Gasteiger partial charge in [-0.25, -0.2) is 0 Å². The molecule has 1 aliphatic heterocycles. The van der Waals surface area contributed by atoms with Gasteiger partial charge < -0.3 is 19.6 Å². The molecule has 0 amide bonds. The lowest BCUT2D eigenvalue weighted by molar-refractivity contribution is -0.145. The van der Waals surface area contributed by atoms with Gasteiger partial charge in [0.25, 0.3) is 0 Å². The third-order valence-corrected chi connectivity index (χ3v) is 5.33. The van der Waals surface area contributed by atoms with E-state index < -0.39 is 11.4 Å². The molecule has 0 radical (unpaired) electrons. The van der Waals surface area contributed by atoms with Crippen LogP contribution in [0.15, 0.2) is 47.1 Å². The van der Waals surface area contributed by atoms with Gasteiger partial charge in [-0.1, -0.05) is 17.3 Å². The molecule has 1 aliphatic rings. The number of aromatic hydroxyl groups is 1. The van der Waals surface area contributed by atoms with Crippen molar-refractivity contribution in [2.24, 2.45) is 0 Å². The Labute approximate surface area is 161 Å². The van der Waals surface area contributed by atoms with Gasteiger partial charge in [0.1, 0.15) is 22.6 Å². The fourth-order valence-electron chi connectivity index (χ4n) is 3.67. The van der Waals surface area contributed by atoms with E-state index in [1.165, 1.54) is 0 Å². The number of benzene rings is 1. The van der Waals surface area contributed by atoms with E-state index in [1.54, 1.807) is 37.4 Å². The molecule has 0 bridgehead atoms. The molecule has 2 aromatic heterocycles. The number of piperidine rings is 1. The van der Waals surface area contributed by atoms with Crippen LogP contribution in [0.4, 0.5) is 5.69 Å². The zero-order valence-electron chi connectivity index (χ0n) is 15.4. The van der Waals surface area contributed by atoms with Crippen molar-refractivity contribution in [3.05, 3.63) is 54.0 Å². The predicted molar refractivity (Wildman–Crippen MR) is 101 cm³/mol. The van der Waals surface area contributed by atoms with Gasteiger partial charge in [0.15, 0.2) is 0 Å². The van der Waals surface area contributed by atoms with Gasteiger partial charge in [-0.05, 0) is 38.0 Å². The first-order valence-corrected chi connectivity index (χ1v) is 9.03. The number of hydrogen-bond donors (Lipinski definition) is 2. The van der Waals surface area contributed by atoms with Crippen molar-refractivity contribution in [3.8, 4) is 17.0 Å². The zero-order chi connectivity index (χ0) is 19.7. The number of carboxylic acid groups (broad SMARTS) is 1. The number of phenols is 1. The molecule has 0 spiro atoms. The maximum absolute atomic E-state index is 12.1. The SMILES string of the molecule is Cc1cc(C2(C(=O)O)CCN(c3cnnc(-c4ccccc4O)c3)CC2)no1. The summed E-state index contributed by atoms with van der Waals surface area (Å²) in [4.78, 5) is 14.1. The molecule has 0 atom stereocenters. The van der Waals surface area contributed by atoms with Gasteiger partial charge in [-0.2, -0.15) is 10.2 Å². The fourth-order valence-corrected chi connectivity index (χ4v) is 3.67. The van der Waals surface area contributed by atoms with E-state index in [1.807, 2.05) is 12.1 Å². The van der Waals surface area contributed by atoms with E-state index in [2.05, 4.69) is 20.3 Å². The van der Waals surface area contributed by atoms with E-state index in [9.17, 15) is 15.0 Å². The van der Waals surface area contributed by atoms with Gasteiger partial charge in [0.05, 0.1) is 17.6 Å². The number of aliphatic carboxylic acids is 1.